The summed E-state index contributed by atoms with van der Waals surface area (Å²) in [6.45, 7) is 2.24. The zero-order valence-electron chi connectivity index (χ0n) is 13.7. The van der Waals surface area contributed by atoms with Gasteiger partial charge in [-0.3, -0.25) is 14.5 Å². The van der Waals surface area contributed by atoms with Crippen molar-refractivity contribution in [3.05, 3.63) is 36.3 Å². The van der Waals surface area contributed by atoms with Gasteiger partial charge in [-0.05, 0) is 24.3 Å². The van der Waals surface area contributed by atoms with Crippen molar-refractivity contribution >= 4 is 29.2 Å². The Morgan fingerprint density at radius 1 is 1.40 bits per heavy atom. The van der Waals surface area contributed by atoms with Crippen molar-refractivity contribution in [2.75, 3.05) is 29.4 Å². The second-order valence-electron chi connectivity index (χ2n) is 5.91. The molecule has 8 heteroatoms. The number of benzene rings is 1. The normalized spacial score (nSPS) is 20.0. The molecule has 0 radical (unpaired) electrons. The predicted molar refractivity (Wildman–Crippen MR) is 88.8 cm³/mol. The number of nitrogens with one attached hydrogen (secondary N) is 1. The Morgan fingerprint density at radius 3 is 2.84 bits per heavy atom. The Morgan fingerprint density at radius 2 is 2.20 bits per heavy atom. The second kappa shape index (κ2) is 6.92. The van der Waals surface area contributed by atoms with Gasteiger partial charge in [0, 0.05) is 26.1 Å². The number of hydrogen-bond donors (Lipinski definition) is 1. The zero-order chi connectivity index (χ0) is 18.0. The minimum Gasteiger partial charge on any atom is -0.442 e. The molecule has 0 unspecified atom stereocenters. The number of nitrogens with zero attached hydrogens (tertiary/aromatic N) is 2. The Labute approximate surface area is 144 Å². The molecule has 0 aromatic heterocycles. The van der Waals surface area contributed by atoms with Crippen molar-refractivity contribution in [1.82, 2.24) is 5.32 Å². The molecule has 2 aliphatic heterocycles. The molecule has 1 fully saturated rings. The third-order valence-electron chi connectivity index (χ3n) is 4.04. The van der Waals surface area contributed by atoms with Gasteiger partial charge in [0.25, 0.3) is 0 Å². The molecule has 3 rings (SSSR count). The summed E-state index contributed by atoms with van der Waals surface area (Å²) >= 11 is 0. The molecule has 1 atom stereocenters. The summed E-state index contributed by atoms with van der Waals surface area (Å²) in [6, 6.07) is 4.46. The van der Waals surface area contributed by atoms with Gasteiger partial charge in [-0.1, -0.05) is 0 Å². The standard InChI is InChI=1S/C17H18FN3O4/c1-11(22)19-9-14-10-21(17(24)25-14)12-2-3-16(15(18)8-12)20-6-4-13(23)5-7-20/h2-4,6,8,14H,5,7,9-10H2,1H3,(H,19,22)/t14-/m0/s1. The molecule has 0 bridgehead atoms. The van der Waals surface area contributed by atoms with Crippen LogP contribution in [-0.2, 0) is 14.3 Å². The fourth-order valence-electron chi connectivity index (χ4n) is 2.76. The fourth-order valence-corrected chi connectivity index (χ4v) is 2.76. The minimum atomic E-state index is -0.578. The van der Waals surface area contributed by atoms with Crippen molar-refractivity contribution in [3.63, 3.8) is 0 Å². The van der Waals surface area contributed by atoms with E-state index in [1.807, 2.05) is 0 Å². The van der Waals surface area contributed by atoms with Gasteiger partial charge < -0.3 is 15.0 Å². The number of carbonyl (C=O) groups is 3. The van der Waals surface area contributed by atoms with Crippen LogP contribution in [-0.4, -0.2) is 43.5 Å². The molecule has 2 amide bonds. The molecule has 1 saturated heterocycles. The number of allylic oxidation sites excluding steroid dienone is 1. The Kier molecular flexibility index (Phi) is 4.69. The van der Waals surface area contributed by atoms with Crippen LogP contribution in [0.1, 0.15) is 13.3 Å². The van der Waals surface area contributed by atoms with E-state index in [0.717, 1.165) is 0 Å². The monoisotopic (exact) mass is 347 g/mol. The number of halogens is 1. The van der Waals surface area contributed by atoms with Crippen molar-refractivity contribution in [2.24, 2.45) is 0 Å². The molecule has 7 nitrogen and oxygen atoms in total. The molecular formula is C17H18FN3O4. The highest BCUT2D eigenvalue weighted by molar-refractivity contribution is 5.92. The highest BCUT2D eigenvalue weighted by Crippen LogP contribution is 2.28. The molecule has 0 spiro atoms. The highest BCUT2D eigenvalue weighted by Gasteiger charge is 2.32. The Hall–Kier alpha value is -2.90. The average molecular weight is 347 g/mol. The smallest absolute Gasteiger partial charge is 0.414 e. The molecule has 2 aliphatic rings. The Balaban J connectivity index is 1.72. The van der Waals surface area contributed by atoms with Gasteiger partial charge in [-0.15, -0.1) is 0 Å². The summed E-state index contributed by atoms with van der Waals surface area (Å²) in [4.78, 5) is 37.1. The van der Waals surface area contributed by atoms with Crippen LogP contribution in [0.5, 0.6) is 0 Å². The van der Waals surface area contributed by atoms with Crippen molar-refractivity contribution in [2.45, 2.75) is 19.4 Å². The number of ketones is 1. The molecule has 1 aromatic rings. The first-order valence-electron chi connectivity index (χ1n) is 7.94. The first-order valence-corrected chi connectivity index (χ1v) is 7.94. The van der Waals surface area contributed by atoms with Gasteiger partial charge in [0.1, 0.15) is 11.9 Å². The lowest BCUT2D eigenvalue weighted by Gasteiger charge is -2.24. The molecule has 132 valence electrons. The van der Waals surface area contributed by atoms with E-state index < -0.39 is 18.0 Å². The highest BCUT2D eigenvalue weighted by atomic mass is 19.1. The first-order chi connectivity index (χ1) is 11.9. The number of ether oxygens (including phenoxy) is 1. The van der Waals surface area contributed by atoms with Gasteiger partial charge in [0.2, 0.25) is 5.91 Å². The van der Waals surface area contributed by atoms with Crippen LogP contribution in [0.15, 0.2) is 30.5 Å². The molecule has 0 aliphatic carbocycles. The zero-order valence-corrected chi connectivity index (χ0v) is 13.7. The summed E-state index contributed by atoms with van der Waals surface area (Å²) in [5, 5.41) is 2.59. The largest absolute Gasteiger partial charge is 0.442 e. The van der Waals surface area contributed by atoms with Crippen LogP contribution in [0.25, 0.3) is 0 Å². The van der Waals surface area contributed by atoms with Crippen LogP contribution >= 0.6 is 0 Å². The van der Waals surface area contributed by atoms with Crippen molar-refractivity contribution < 1.29 is 23.5 Å². The predicted octanol–water partition coefficient (Wildman–Crippen LogP) is 1.58. The van der Waals surface area contributed by atoms with Crippen LogP contribution in [0.4, 0.5) is 20.6 Å². The summed E-state index contributed by atoms with van der Waals surface area (Å²) in [7, 11) is 0. The number of rotatable bonds is 4. The molecule has 25 heavy (non-hydrogen) atoms. The number of hydrogen-bond acceptors (Lipinski definition) is 5. The summed E-state index contributed by atoms with van der Waals surface area (Å²) in [5.41, 5.74) is 0.725. The van der Waals surface area contributed by atoms with Crippen LogP contribution in [0.3, 0.4) is 0 Å². The van der Waals surface area contributed by atoms with E-state index in [1.165, 1.54) is 24.0 Å². The quantitative estimate of drug-likeness (QED) is 0.895. The van der Waals surface area contributed by atoms with Gasteiger partial charge in [-0.2, -0.15) is 0 Å². The molecule has 2 heterocycles. The summed E-state index contributed by atoms with van der Waals surface area (Å²) in [5.74, 6) is -0.689. The van der Waals surface area contributed by atoms with Crippen LogP contribution in [0.2, 0.25) is 0 Å². The van der Waals surface area contributed by atoms with E-state index >= 15 is 0 Å². The van der Waals surface area contributed by atoms with Crippen LogP contribution in [0, 0.1) is 5.82 Å². The second-order valence-corrected chi connectivity index (χ2v) is 5.91. The molecule has 1 N–H and O–H groups in total. The minimum absolute atomic E-state index is 0.0123. The number of anilines is 2. The lowest BCUT2D eigenvalue weighted by atomic mass is 10.1. The van der Waals surface area contributed by atoms with Gasteiger partial charge >= 0.3 is 6.09 Å². The molecule has 1 aromatic carbocycles. The lowest BCUT2D eigenvalue weighted by Crippen LogP contribution is -2.33. The maximum Gasteiger partial charge on any atom is 0.414 e. The lowest BCUT2D eigenvalue weighted by molar-refractivity contribution is -0.119. The van der Waals surface area contributed by atoms with E-state index in [9.17, 15) is 18.8 Å². The maximum absolute atomic E-state index is 14.5. The number of amides is 2. The molecule has 0 saturated carbocycles. The Bertz CT molecular complexity index is 749. The van der Waals surface area contributed by atoms with Gasteiger partial charge in [-0.25, -0.2) is 9.18 Å². The van der Waals surface area contributed by atoms with E-state index in [0.29, 0.717) is 24.3 Å². The van der Waals surface area contributed by atoms with E-state index in [1.54, 1.807) is 23.2 Å². The van der Waals surface area contributed by atoms with Crippen molar-refractivity contribution in [3.8, 4) is 0 Å². The van der Waals surface area contributed by atoms with Gasteiger partial charge in [0.15, 0.2) is 5.78 Å². The summed E-state index contributed by atoms with van der Waals surface area (Å²) < 4.78 is 19.6. The maximum atomic E-state index is 14.5. The third kappa shape index (κ3) is 3.78. The number of carbonyl (C=O) groups excluding carboxylic acids is 3. The van der Waals surface area contributed by atoms with E-state index in [2.05, 4.69) is 5.32 Å². The fraction of sp³-hybridized carbons (Fsp3) is 0.353. The van der Waals surface area contributed by atoms with Gasteiger partial charge in [0.05, 0.1) is 24.5 Å². The SMILES string of the molecule is CC(=O)NC[C@H]1CN(c2ccc(N3C=CC(=O)CC3)c(F)c2)C(=O)O1. The van der Waals surface area contributed by atoms with E-state index in [-0.39, 0.29) is 24.8 Å². The topological polar surface area (TPSA) is 79.0 Å². The molecular weight excluding hydrogens is 329 g/mol. The average Bonchev–Trinajstić information content (AvgIpc) is 2.95. The van der Waals surface area contributed by atoms with Crippen molar-refractivity contribution in [1.29, 1.82) is 0 Å². The van der Waals surface area contributed by atoms with Crippen LogP contribution < -0.4 is 15.1 Å². The van der Waals surface area contributed by atoms with E-state index in [4.69, 9.17) is 4.74 Å². The first kappa shape index (κ1) is 16.9. The summed E-state index contributed by atoms with van der Waals surface area (Å²) in [6.07, 6.45) is 2.25. The third-order valence-corrected chi connectivity index (χ3v) is 4.04. The number of cyclic esters (lactones) is 1.